The van der Waals surface area contributed by atoms with E-state index in [4.69, 9.17) is 18.9 Å². The molecule has 1 unspecified atom stereocenters. The Labute approximate surface area is 139 Å². The lowest BCUT2D eigenvalue weighted by molar-refractivity contribution is 0.169. The second-order valence-electron chi connectivity index (χ2n) is 5.62. The fourth-order valence-electron chi connectivity index (χ4n) is 2.99. The van der Waals surface area contributed by atoms with Crippen LogP contribution in [0.15, 0.2) is 41.6 Å². The molecule has 2 aliphatic heterocycles. The Bertz CT molecular complexity index is 802. The third-order valence-corrected chi connectivity index (χ3v) is 4.20. The molecule has 0 aliphatic carbocycles. The van der Waals surface area contributed by atoms with Crippen LogP contribution in [-0.2, 0) is 0 Å². The molecule has 1 atom stereocenters. The van der Waals surface area contributed by atoms with E-state index in [9.17, 15) is 5.21 Å². The predicted octanol–water partition coefficient (Wildman–Crippen LogP) is 3.17. The third kappa shape index (κ3) is 2.50. The summed E-state index contributed by atoms with van der Waals surface area (Å²) in [6, 6.07) is 11.2. The number of fused-ring (bicyclic) bond motifs is 2. The van der Waals surface area contributed by atoms with Crippen molar-refractivity contribution >= 4 is 5.71 Å². The van der Waals surface area contributed by atoms with Crippen LogP contribution in [0.5, 0.6) is 23.0 Å². The van der Waals surface area contributed by atoms with Gasteiger partial charge >= 0.3 is 0 Å². The van der Waals surface area contributed by atoms with Crippen LogP contribution in [0.3, 0.4) is 0 Å². The zero-order valence-corrected chi connectivity index (χ0v) is 13.2. The van der Waals surface area contributed by atoms with Crippen molar-refractivity contribution in [3.05, 3.63) is 47.5 Å². The maximum atomic E-state index is 9.41. The van der Waals surface area contributed by atoms with Gasteiger partial charge in [0.25, 0.3) is 0 Å². The van der Waals surface area contributed by atoms with Gasteiger partial charge in [-0.3, -0.25) is 0 Å². The SMILES string of the molecule is COc1ccc2c(c1)C(=NO)CC(c1ccc3c(c1)OCCO3)O2. The molecule has 0 saturated carbocycles. The summed E-state index contributed by atoms with van der Waals surface area (Å²) in [5.74, 6) is 2.80. The molecule has 2 aromatic rings. The van der Waals surface area contributed by atoms with E-state index in [0.29, 0.717) is 42.6 Å². The molecule has 0 fully saturated rings. The minimum Gasteiger partial charge on any atom is -0.497 e. The first-order valence-corrected chi connectivity index (χ1v) is 7.74. The Morgan fingerprint density at radius 1 is 1.04 bits per heavy atom. The molecule has 2 heterocycles. The number of hydrogen-bond donors (Lipinski definition) is 1. The van der Waals surface area contributed by atoms with Gasteiger partial charge in [0, 0.05) is 12.0 Å². The second-order valence-corrected chi connectivity index (χ2v) is 5.62. The smallest absolute Gasteiger partial charge is 0.161 e. The van der Waals surface area contributed by atoms with Crippen LogP contribution >= 0.6 is 0 Å². The molecule has 0 radical (unpaired) electrons. The third-order valence-electron chi connectivity index (χ3n) is 4.20. The van der Waals surface area contributed by atoms with E-state index in [0.717, 1.165) is 16.9 Å². The molecule has 0 saturated heterocycles. The van der Waals surface area contributed by atoms with Gasteiger partial charge < -0.3 is 24.2 Å². The van der Waals surface area contributed by atoms with E-state index in [1.54, 1.807) is 7.11 Å². The number of hydrogen-bond acceptors (Lipinski definition) is 6. The van der Waals surface area contributed by atoms with Crippen molar-refractivity contribution in [2.45, 2.75) is 12.5 Å². The molecule has 0 aromatic heterocycles. The Morgan fingerprint density at radius 2 is 1.83 bits per heavy atom. The van der Waals surface area contributed by atoms with Crippen LogP contribution in [0.2, 0.25) is 0 Å². The summed E-state index contributed by atoms with van der Waals surface area (Å²) in [6.45, 7) is 1.09. The van der Waals surface area contributed by atoms with Crippen molar-refractivity contribution in [3.63, 3.8) is 0 Å². The Hall–Kier alpha value is -2.89. The highest BCUT2D eigenvalue weighted by atomic mass is 16.6. The summed E-state index contributed by atoms with van der Waals surface area (Å²) < 4.78 is 22.5. The van der Waals surface area contributed by atoms with E-state index >= 15 is 0 Å². The van der Waals surface area contributed by atoms with Crippen LogP contribution in [0.1, 0.15) is 23.7 Å². The standard InChI is InChI=1S/C18H17NO5/c1-21-12-3-5-15-13(9-12)14(19-20)10-17(24-15)11-2-4-16-18(8-11)23-7-6-22-16/h2-5,8-9,17,20H,6-7,10H2,1H3. The molecule has 0 spiro atoms. The summed E-state index contributed by atoms with van der Waals surface area (Å²) >= 11 is 0. The van der Waals surface area contributed by atoms with Gasteiger partial charge in [0.05, 0.1) is 12.8 Å². The van der Waals surface area contributed by atoms with Crippen LogP contribution in [0, 0.1) is 0 Å². The normalized spacial score (nSPS) is 20.2. The van der Waals surface area contributed by atoms with Gasteiger partial charge in [-0.1, -0.05) is 11.2 Å². The van der Waals surface area contributed by atoms with Gasteiger partial charge in [0.15, 0.2) is 11.5 Å². The van der Waals surface area contributed by atoms with Crippen molar-refractivity contribution in [2.75, 3.05) is 20.3 Å². The van der Waals surface area contributed by atoms with Crippen molar-refractivity contribution in [1.82, 2.24) is 0 Å². The number of oxime groups is 1. The molecular formula is C18H17NO5. The van der Waals surface area contributed by atoms with Crippen molar-refractivity contribution in [2.24, 2.45) is 5.16 Å². The lowest BCUT2D eigenvalue weighted by atomic mass is 9.95. The topological polar surface area (TPSA) is 69.5 Å². The van der Waals surface area contributed by atoms with Gasteiger partial charge in [0.1, 0.15) is 30.8 Å². The molecule has 4 rings (SSSR count). The highest BCUT2D eigenvalue weighted by Crippen LogP contribution is 2.40. The van der Waals surface area contributed by atoms with Gasteiger partial charge in [-0.15, -0.1) is 0 Å². The first-order valence-electron chi connectivity index (χ1n) is 7.74. The highest BCUT2D eigenvalue weighted by molar-refractivity contribution is 6.04. The lowest BCUT2D eigenvalue weighted by Gasteiger charge is -2.28. The van der Waals surface area contributed by atoms with E-state index in [1.165, 1.54) is 0 Å². The minimum absolute atomic E-state index is 0.257. The highest BCUT2D eigenvalue weighted by Gasteiger charge is 2.28. The van der Waals surface area contributed by atoms with Gasteiger partial charge in [0.2, 0.25) is 0 Å². The summed E-state index contributed by atoms with van der Waals surface area (Å²) in [7, 11) is 1.60. The van der Waals surface area contributed by atoms with E-state index in [2.05, 4.69) is 5.16 Å². The summed E-state index contributed by atoms with van der Waals surface area (Å²) in [4.78, 5) is 0. The van der Waals surface area contributed by atoms with E-state index in [1.807, 2.05) is 36.4 Å². The van der Waals surface area contributed by atoms with Gasteiger partial charge in [-0.05, 0) is 35.9 Å². The quantitative estimate of drug-likeness (QED) is 0.678. The molecule has 6 nitrogen and oxygen atoms in total. The predicted molar refractivity (Wildman–Crippen MR) is 86.7 cm³/mol. The van der Waals surface area contributed by atoms with Crippen LogP contribution in [0.25, 0.3) is 0 Å². The molecule has 1 N–H and O–H groups in total. The Morgan fingerprint density at radius 3 is 2.62 bits per heavy atom. The average Bonchev–Trinajstić information content (AvgIpc) is 2.66. The maximum absolute atomic E-state index is 9.41. The van der Waals surface area contributed by atoms with Crippen molar-refractivity contribution in [1.29, 1.82) is 0 Å². The first kappa shape index (κ1) is 14.7. The largest absolute Gasteiger partial charge is 0.497 e. The van der Waals surface area contributed by atoms with Crippen LogP contribution < -0.4 is 18.9 Å². The molecule has 24 heavy (non-hydrogen) atoms. The summed E-state index contributed by atoms with van der Waals surface area (Å²) in [5.41, 5.74) is 2.25. The second kappa shape index (κ2) is 5.96. The van der Waals surface area contributed by atoms with Crippen molar-refractivity contribution < 1.29 is 24.2 Å². The molecule has 2 aromatic carbocycles. The zero-order valence-electron chi connectivity index (χ0n) is 13.2. The Balaban J connectivity index is 1.68. The van der Waals surface area contributed by atoms with Gasteiger partial charge in [-0.25, -0.2) is 0 Å². The molecule has 2 aliphatic rings. The average molecular weight is 327 g/mol. The van der Waals surface area contributed by atoms with E-state index in [-0.39, 0.29) is 6.10 Å². The molecular weight excluding hydrogens is 310 g/mol. The maximum Gasteiger partial charge on any atom is 0.161 e. The number of ether oxygens (including phenoxy) is 4. The summed E-state index contributed by atoms with van der Waals surface area (Å²) in [5, 5.41) is 12.9. The number of rotatable bonds is 2. The monoisotopic (exact) mass is 327 g/mol. The number of nitrogens with zero attached hydrogens (tertiary/aromatic N) is 1. The lowest BCUT2D eigenvalue weighted by Crippen LogP contribution is -2.22. The summed E-state index contributed by atoms with van der Waals surface area (Å²) in [6.07, 6.45) is 0.198. The van der Waals surface area contributed by atoms with E-state index < -0.39 is 0 Å². The fraction of sp³-hybridized carbons (Fsp3) is 0.278. The first-order chi connectivity index (χ1) is 11.8. The zero-order chi connectivity index (χ0) is 16.5. The fourth-order valence-corrected chi connectivity index (χ4v) is 2.99. The van der Waals surface area contributed by atoms with Crippen LogP contribution in [-0.4, -0.2) is 31.2 Å². The van der Waals surface area contributed by atoms with Gasteiger partial charge in [-0.2, -0.15) is 0 Å². The van der Waals surface area contributed by atoms with Crippen molar-refractivity contribution in [3.8, 4) is 23.0 Å². The molecule has 0 bridgehead atoms. The molecule has 124 valence electrons. The number of benzene rings is 2. The van der Waals surface area contributed by atoms with Crippen LogP contribution in [0.4, 0.5) is 0 Å². The molecule has 0 amide bonds. The Kier molecular flexibility index (Phi) is 3.65. The number of methoxy groups -OCH3 is 1. The molecule has 6 heteroatoms. The minimum atomic E-state index is -0.257.